The Hall–Kier alpha value is -4.80. The van der Waals surface area contributed by atoms with Gasteiger partial charge in [-0.25, -0.2) is 19.5 Å². The summed E-state index contributed by atoms with van der Waals surface area (Å²) in [5.74, 6) is -0.717. The first-order chi connectivity index (χ1) is 19.1. The molecule has 0 aliphatic heterocycles. The number of alkyl halides is 3. The lowest BCUT2D eigenvalue weighted by Crippen LogP contribution is -2.29. The van der Waals surface area contributed by atoms with Crippen LogP contribution in [0.3, 0.4) is 0 Å². The fraction of sp³-hybridized carbons (Fsp3) is 0.308. The van der Waals surface area contributed by atoms with E-state index in [4.69, 9.17) is 11.0 Å². The molecule has 10 nitrogen and oxygen atoms in total. The number of nitrogen functional groups attached to an aromatic ring is 1. The molecule has 4 N–H and O–H groups in total. The van der Waals surface area contributed by atoms with E-state index in [0.29, 0.717) is 18.2 Å². The summed E-state index contributed by atoms with van der Waals surface area (Å²) < 4.78 is 56.7. The number of rotatable bonds is 8. The zero-order valence-corrected chi connectivity index (χ0v) is 20.8. The highest BCUT2D eigenvalue weighted by Gasteiger charge is 2.39. The van der Waals surface area contributed by atoms with Gasteiger partial charge in [0.2, 0.25) is 0 Å². The van der Waals surface area contributed by atoms with Crippen LogP contribution in [-0.2, 0) is 12.7 Å². The molecule has 206 valence electrons. The lowest BCUT2D eigenvalue weighted by Gasteiger charge is -2.21. The van der Waals surface area contributed by atoms with Gasteiger partial charge in [-0.3, -0.25) is 9.59 Å². The van der Waals surface area contributed by atoms with Crippen LogP contribution in [0.1, 0.15) is 36.8 Å². The van der Waals surface area contributed by atoms with Crippen molar-refractivity contribution >= 4 is 22.3 Å². The quantitative estimate of drug-likeness (QED) is 0.278. The maximum Gasteiger partial charge on any atom is 0.423 e. The highest BCUT2D eigenvalue weighted by atomic mass is 19.4. The average Bonchev–Trinajstić information content (AvgIpc) is 3.74. The molecule has 0 bridgehead atoms. The van der Waals surface area contributed by atoms with Crippen LogP contribution in [0.5, 0.6) is 0 Å². The van der Waals surface area contributed by atoms with Gasteiger partial charge in [0.05, 0.1) is 29.0 Å². The van der Waals surface area contributed by atoms with E-state index < -0.39 is 28.7 Å². The molecule has 3 heterocycles. The number of nitrogens with one attached hydrogen (secondary N) is 2. The fourth-order valence-corrected chi connectivity index (χ4v) is 4.66. The van der Waals surface area contributed by atoms with Gasteiger partial charge in [0.1, 0.15) is 28.8 Å². The predicted octanol–water partition coefficient (Wildman–Crippen LogP) is 3.82. The van der Waals surface area contributed by atoms with Gasteiger partial charge in [0.15, 0.2) is 5.82 Å². The minimum absolute atomic E-state index is 0.0200. The van der Waals surface area contributed by atoms with Gasteiger partial charge in [0.25, 0.3) is 11.1 Å². The third-order valence-corrected chi connectivity index (χ3v) is 6.83. The van der Waals surface area contributed by atoms with Crippen LogP contribution in [-0.4, -0.2) is 30.8 Å². The maximum atomic E-state index is 15.0. The van der Waals surface area contributed by atoms with E-state index in [1.165, 1.54) is 16.8 Å². The number of hydrogen-bond donors (Lipinski definition) is 3. The van der Waals surface area contributed by atoms with Crippen LogP contribution in [0, 0.1) is 23.1 Å². The Bertz CT molecular complexity index is 1760. The van der Waals surface area contributed by atoms with Gasteiger partial charge in [-0.2, -0.15) is 23.5 Å². The molecule has 5 rings (SSSR count). The monoisotopic (exact) mass is 554 g/mol. The Labute approximate surface area is 223 Å². The number of nitriles is 1. The summed E-state index contributed by atoms with van der Waals surface area (Å²) in [5, 5.41) is 17.7. The number of fused-ring (bicyclic) bond motifs is 1. The number of nitrogens with two attached hydrogens (primary N) is 1. The number of halogens is 4. The Balaban J connectivity index is 1.33. The van der Waals surface area contributed by atoms with E-state index in [1.807, 2.05) is 11.2 Å². The van der Waals surface area contributed by atoms with E-state index in [9.17, 15) is 27.2 Å². The summed E-state index contributed by atoms with van der Waals surface area (Å²) in [6.07, 6.45) is 1.40. The minimum Gasteiger partial charge on any atom is -0.382 e. The number of H-pyrrole nitrogens is 1. The highest BCUT2D eigenvalue weighted by molar-refractivity contribution is 5.86. The number of anilines is 2. The first-order valence-electron chi connectivity index (χ1n) is 12.3. The maximum absolute atomic E-state index is 15.0. The van der Waals surface area contributed by atoms with Crippen LogP contribution in [0.4, 0.5) is 29.1 Å². The van der Waals surface area contributed by atoms with Crippen molar-refractivity contribution in [2.75, 3.05) is 11.1 Å². The van der Waals surface area contributed by atoms with E-state index in [-0.39, 0.29) is 52.3 Å². The third-order valence-electron chi connectivity index (χ3n) is 6.83. The molecule has 4 aromatic rings. The number of aryl methyl sites for hydroxylation is 1. The number of hydrogen-bond acceptors (Lipinski definition) is 8. The van der Waals surface area contributed by atoms with Crippen molar-refractivity contribution in [2.45, 2.75) is 44.4 Å². The molecule has 1 aromatic carbocycles. The Morgan fingerprint density at radius 2 is 2.02 bits per heavy atom. The summed E-state index contributed by atoms with van der Waals surface area (Å²) in [7, 11) is 0. The zero-order valence-electron chi connectivity index (χ0n) is 20.8. The van der Waals surface area contributed by atoms with Gasteiger partial charge in [-0.15, -0.1) is 0 Å². The smallest absolute Gasteiger partial charge is 0.382 e. The summed E-state index contributed by atoms with van der Waals surface area (Å²) in [6, 6.07) is 5.65. The van der Waals surface area contributed by atoms with Crippen molar-refractivity contribution in [3.05, 3.63) is 74.4 Å². The van der Waals surface area contributed by atoms with Crippen molar-refractivity contribution in [2.24, 2.45) is 5.92 Å². The molecule has 1 aliphatic carbocycles. The molecular weight excluding hydrogens is 532 g/mol. The molecule has 1 fully saturated rings. The molecular formula is C26H22F4N8O2. The van der Waals surface area contributed by atoms with E-state index in [1.54, 1.807) is 12.3 Å². The number of nitrogens with zero attached hydrogens (tertiary/aromatic N) is 5. The van der Waals surface area contributed by atoms with Crippen LogP contribution in [0.15, 0.2) is 46.4 Å². The number of aromatic amines is 1. The second kappa shape index (κ2) is 10.4. The molecule has 40 heavy (non-hydrogen) atoms. The number of pyridine rings is 1. The van der Waals surface area contributed by atoms with Crippen LogP contribution in [0.25, 0.3) is 22.2 Å². The molecule has 0 saturated heterocycles. The standard InChI is InChI=1S/C26H22F4N8O2/c27-18-9-16-14(8-17(18)23-33-11-15(10-31)22(32)36-23)5-7-38(25(16)40)6-1-2-19(13-3-4-13)35-20-12-34-37-24(39)21(20)26(28,29)30/h5,7-9,11-13,19H,1-4,6H2,(H2,32,33,36)(H2,35,37,39)/t19-/m1/s1. The van der Waals surface area contributed by atoms with Gasteiger partial charge in [-0.1, -0.05) is 0 Å². The summed E-state index contributed by atoms with van der Waals surface area (Å²) >= 11 is 0. The summed E-state index contributed by atoms with van der Waals surface area (Å²) in [4.78, 5) is 32.9. The molecule has 3 aromatic heterocycles. The lowest BCUT2D eigenvalue weighted by molar-refractivity contribution is -0.138. The average molecular weight is 555 g/mol. The third kappa shape index (κ3) is 5.35. The summed E-state index contributed by atoms with van der Waals surface area (Å²) in [5.41, 5.74) is 2.34. The second-order valence-corrected chi connectivity index (χ2v) is 9.55. The zero-order chi connectivity index (χ0) is 28.6. The SMILES string of the molecule is N#Cc1cnc(-c2cc3ccn(CCC[C@@H](Nc4cn[nH]c(=O)c4C(F)(F)F)C4CC4)c(=O)c3cc2F)nc1N. The Morgan fingerprint density at radius 1 is 1.25 bits per heavy atom. The normalized spacial score (nSPS) is 14.2. The predicted molar refractivity (Wildman–Crippen MR) is 138 cm³/mol. The van der Waals surface area contributed by atoms with Crippen LogP contribution in [0.2, 0.25) is 0 Å². The van der Waals surface area contributed by atoms with Gasteiger partial charge in [0, 0.05) is 18.8 Å². The molecule has 1 atom stereocenters. The van der Waals surface area contributed by atoms with Gasteiger partial charge >= 0.3 is 6.18 Å². The molecule has 14 heteroatoms. The molecule has 0 spiro atoms. The molecule has 1 aliphatic rings. The number of aromatic nitrogens is 5. The van der Waals surface area contributed by atoms with Crippen LogP contribution < -0.4 is 22.2 Å². The fourth-order valence-electron chi connectivity index (χ4n) is 4.66. The van der Waals surface area contributed by atoms with E-state index in [0.717, 1.165) is 25.1 Å². The van der Waals surface area contributed by atoms with Crippen molar-refractivity contribution in [3.8, 4) is 17.5 Å². The first-order valence-corrected chi connectivity index (χ1v) is 12.3. The Kier molecular flexibility index (Phi) is 6.97. The van der Waals surface area contributed by atoms with Crippen molar-refractivity contribution in [3.63, 3.8) is 0 Å². The molecule has 1 saturated carbocycles. The molecule has 0 radical (unpaired) electrons. The van der Waals surface area contributed by atoms with Gasteiger partial charge < -0.3 is 15.6 Å². The van der Waals surface area contributed by atoms with Crippen molar-refractivity contribution in [1.29, 1.82) is 5.26 Å². The van der Waals surface area contributed by atoms with E-state index >= 15 is 0 Å². The minimum atomic E-state index is -4.85. The van der Waals surface area contributed by atoms with E-state index in [2.05, 4.69) is 20.4 Å². The number of benzene rings is 1. The molecule has 0 unspecified atom stereocenters. The van der Waals surface area contributed by atoms with Gasteiger partial charge in [-0.05, 0) is 55.2 Å². The van der Waals surface area contributed by atoms with Crippen molar-refractivity contribution < 1.29 is 17.6 Å². The largest absolute Gasteiger partial charge is 0.423 e. The first kappa shape index (κ1) is 26.8. The summed E-state index contributed by atoms with van der Waals surface area (Å²) in [6.45, 7) is 0.248. The second-order valence-electron chi connectivity index (χ2n) is 9.55. The van der Waals surface area contributed by atoms with Crippen LogP contribution >= 0.6 is 0 Å². The molecule has 0 amide bonds. The Morgan fingerprint density at radius 3 is 2.70 bits per heavy atom. The topological polar surface area (TPSA) is 155 Å². The highest BCUT2D eigenvalue weighted by Crippen LogP contribution is 2.38. The van der Waals surface area contributed by atoms with Crippen molar-refractivity contribution in [1.82, 2.24) is 24.7 Å². The lowest BCUT2D eigenvalue weighted by atomic mass is 10.0.